The zero-order chi connectivity index (χ0) is 14.9. The van der Waals surface area contributed by atoms with Crippen LogP contribution in [-0.4, -0.2) is 12.6 Å². The van der Waals surface area contributed by atoms with Crippen molar-refractivity contribution in [3.8, 4) is 11.8 Å². The van der Waals surface area contributed by atoms with Crippen LogP contribution in [0, 0.1) is 18.8 Å². The number of ether oxygens (including phenoxy) is 1. The molecule has 0 aliphatic carbocycles. The van der Waals surface area contributed by atoms with Crippen LogP contribution in [0.4, 0.5) is 4.79 Å². The lowest BCUT2D eigenvalue weighted by atomic mass is 10.2. The van der Waals surface area contributed by atoms with E-state index >= 15 is 0 Å². The first-order valence-corrected chi connectivity index (χ1v) is 7.61. The molecule has 0 aliphatic rings. The second-order valence-electron chi connectivity index (χ2n) is 4.43. The second-order valence-corrected chi connectivity index (χ2v) is 5.55. The number of alkyl carbamates (subject to hydrolysis) is 1. The maximum atomic E-state index is 11.5. The highest BCUT2D eigenvalue weighted by Crippen LogP contribution is 2.13. The summed E-state index contributed by atoms with van der Waals surface area (Å²) in [5, 5.41) is 4.71. The third kappa shape index (κ3) is 5.33. The summed E-state index contributed by atoms with van der Waals surface area (Å²) in [6, 6.07) is 11.6. The normalized spacial score (nSPS) is 9.57. The van der Waals surface area contributed by atoms with Crippen molar-refractivity contribution in [2.24, 2.45) is 0 Å². The van der Waals surface area contributed by atoms with E-state index in [9.17, 15) is 4.79 Å². The third-order valence-corrected chi connectivity index (χ3v) is 3.66. The second kappa shape index (κ2) is 8.13. The van der Waals surface area contributed by atoms with Gasteiger partial charge >= 0.3 is 6.09 Å². The van der Waals surface area contributed by atoms with Crippen LogP contribution in [0.1, 0.15) is 22.4 Å². The molecular weight excluding hydrogens is 282 g/mol. The van der Waals surface area contributed by atoms with Crippen LogP contribution in [0.5, 0.6) is 0 Å². The zero-order valence-electron chi connectivity index (χ0n) is 11.9. The van der Waals surface area contributed by atoms with Crippen molar-refractivity contribution in [1.82, 2.24) is 5.32 Å². The Morgan fingerprint density at radius 2 is 2.10 bits per heavy atom. The Morgan fingerprint density at radius 3 is 2.81 bits per heavy atom. The van der Waals surface area contributed by atoms with Gasteiger partial charge in [0.05, 0.1) is 0 Å². The molecule has 0 fully saturated rings. The van der Waals surface area contributed by atoms with Gasteiger partial charge in [-0.2, -0.15) is 0 Å². The molecule has 0 atom stereocenters. The van der Waals surface area contributed by atoms with E-state index in [0.717, 1.165) is 11.1 Å². The Balaban J connectivity index is 1.64. The van der Waals surface area contributed by atoms with Crippen molar-refractivity contribution in [3.63, 3.8) is 0 Å². The van der Waals surface area contributed by atoms with Gasteiger partial charge in [-0.25, -0.2) is 4.79 Å². The molecule has 1 heterocycles. The summed E-state index contributed by atoms with van der Waals surface area (Å²) in [6.07, 6.45) is 0.197. The van der Waals surface area contributed by atoms with Gasteiger partial charge in [0.25, 0.3) is 0 Å². The largest absolute Gasteiger partial charge is 0.445 e. The number of carbonyl (C=O) groups is 1. The van der Waals surface area contributed by atoms with Gasteiger partial charge in [0, 0.05) is 23.4 Å². The summed E-state index contributed by atoms with van der Waals surface area (Å²) in [5.41, 5.74) is 2.03. The number of thiophene rings is 1. The summed E-state index contributed by atoms with van der Waals surface area (Å²) >= 11 is 1.69. The minimum atomic E-state index is -0.410. The van der Waals surface area contributed by atoms with E-state index in [1.54, 1.807) is 11.3 Å². The van der Waals surface area contributed by atoms with Crippen molar-refractivity contribution in [3.05, 3.63) is 57.8 Å². The van der Waals surface area contributed by atoms with Crippen LogP contribution in [0.25, 0.3) is 0 Å². The Labute approximate surface area is 129 Å². The van der Waals surface area contributed by atoms with E-state index < -0.39 is 6.09 Å². The Morgan fingerprint density at radius 1 is 1.29 bits per heavy atom. The SMILES string of the molecule is Cc1sccc1C#CCCNC(=O)OCc1ccccc1. The highest BCUT2D eigenvalue weighted by Gasteiger charge is 2.00. The van der Waals surface area contributed by atoms with Crippen molar-refractivity contribution in [1.29, 1.82) is 0 Å². The van der Waals surface area contributed by atoms with Crippen molar-refractivity contribution >= 4 is 17.4 Å². The lowest BCUT2D eigenvalue weighted by Gasteiger charge is -2.05. The molecule has 1 aromatic carbocycles. The fourth-order valence-electron chi connectivity index (χ4n) is 1.67. The zero-order valence-corrected chi connectivity index (χ0v) is 12.7. The quantitative estimate of drug-likeness (QED) is 0.690. The summed E-state index contributed by atoms with van der Waals surface area (Å²) < 4.78 is 5.10. The highest BCUT2D eigenvalue weighted by atomic mass is 32.1. The molecule has 2 rings (SSSR count). The maximum Gasteiger partial charge on any atom is 0.407 e. The highest BCUT2D eigenvalue weighted by molar-refractivity contribution is 7.10. The van der Waals surface area contributed by atoms with Gasteiger partial charge in [-0.05, 0) is 23.9 Å². The molecule has 21 heavy (non-hydrogen) atoms. The number of hydrogen-bond acceptors (Lipinski definition) is 3. The molecule has 4 heteroatoms. The van der Waals surface area contributed by atoms with Gasteiger partial charge in [-0.3, -0.25) is 0 Å². The van der Waals surface area contributed by atoms with E-state index in [1.165, 1.54) is 4.88 Å². The fraction of sp³-hybridized carbons (Fsp3) is 0.235. The fourth-order valence-corrected chi connectivity index (χ4v) is 2.33. The van der Waals surface area contributed by atoms with E-state index in [-0.39, 0.29) is 6.61 Å². The predicted octanol–water partition coefficient (Wildman–Crippen LogP) is 3.72. The number of rotatable bonds is 4. The van der Waals surface area contributed by atoms with Crippen molar-refractivity contribution in [2.75, 3.05) is 6.54 Å². The van der Waals surface area contributed by atoms with Gasteiger partial charge < -0.3 is 10.1 Å². The van der Waals surface area contributed by atoms with Crippen LogP contribution in [0.2, 0.25) is 0 Å². The van der Waals surface area contributed by atoms with Gasteiger partial charge in [0.1, 0.15) is 6.61 Å². The standard InChI is InChI=1S/C17H17NO2S/c1-14-16(10-12-21-14)9-5-6-11-18-17(19)20-13-15-7-3-2-4-8-15/h2-4,7-8,10,12H,6,11,13H2,1H3,(H,18,19). The molecule has 0 saturated carbocycles. The monoisotopic (exact) mass is 299 g/mol. The third-order valence-electron chi connectivity index (χ3n) is 2.81. The van der Waals surface area contributed by atoms with Crippen molar-refractivity contribution < 1.29 is 9.53 Å². The number of aryl methyl sites for hydroxylation is 1. The Bertz CT molecular complexity index is 638. The van der Waals surface area contributed by atoms with Crippen LogP contribution in [0.15, 0.2) is 41.8 Å². The average molecular weight is 299 g/mol. The van der Waals surface area contributed by atoms with E-state index in [0.29, 0.717) is 13.0 Å². The number of carbonyl (C=O) groups excluding carboxylic acids is 1. The minimum absolute atomic E-state index is 0.284. The Kier molecular flexibility index (Phi) is 5.86. The minimum Gasteiger partial charge on any atom is -0.445 e. The number of hydrogen-bond donors (Lipinski definition) is 1. The number of amides is 1. The number of benzene rings is 1. The van der Waals surface area contributed by atoms with Gasteiger partial charge in [0.2, 0.25) is 0 Å². The molecule has 0 aliphatic heterocycles. The summed E-state index contributed by atoms with van der Waals surface area (Å²) in [5.74, 6) is 6.14. The van der Waals surface area contributed by atoms with Gasteiger partial charge in [0.15, 0.2) is 0 Å². The Hall–Kier alpha value is -2.25. The molecule has 0 radical (unpaired) electrons. The van der Waals surface area contributed by atoms with Crippen molar-refractivity contribution in [2.45, 2.75) is 20.0 Å². The molecule has 1 N–H and O–H groups in total. The molecule has 0 spiro atoms. The van der Waals surface area contributed by atoms with E-state index in [2.05, 4.69) is 17.2 Å². The molecule has 2 aromatic rings. The predicted molar refractivity (Wildman–Crippen MR) is 85.2 cm³/mol. The average Bonchev–Trinajstić information content (AvgIpc) is 2.91. The van der Waals surface area contributed by atoms with Gasteiger partial charge in [-0.15, -0.1) is 11.3 Å². The van der Waals surface area contributed by atoms with Crippen LogP contribution in [-0.2, 0) is 11.3 Å². The topological polar surface area (TPSA) is 38.3 Å². The van der Waals surface area contributed by atoms with Crippen LogP contribution in [0.3, 0.4) is 0 Å². The van der Waals surface area contributed by atoms with Gasteiger partial charge in [-0.1, -0.05) is 42.2 Å². The molecule has 108 valence electrons. The molecule has 3 nitrogen and oxygen atoms in total. The molecule has 0 saturated heterocycles. The van der Waals surface area contributed by atoms with Crippen LogP contribution < -0.4 is 5.32 Å². The molecular formula is C17H17NO2S. The first-order valence-electron chi connectivity index (χ1n) is 6.73. The molecule has 0 unspecified atom stereocenters. The van der Waals surface area contributed by atoms with E-state index in [1.807, 2.05) is 48.7 Å². The first-order chi connectivity index (χ1) is 10.3. The summed E-state index contributed by atoms with van der Waals surface area (Å²) in [4.78, 5) is 12.7. The van der Waals surface area contributed by atoms with E-state index in [4.69, 9.17) is 4.74 Å². The molecule has 1 aromatic heterocycles. The molecule has 0 bridgehead atoms. The summed E-state index contributed by atoms with van der Waals surface area (Å²) in [6.45, 7) is 2.82. The first kappa shape index (κ1) is 15.1. The summed E-state index contributed by atoms with van der Waals surface area (Å²) in [7, 11) is 0. The lowest BCUT2D eigenvalue weighted by molar-refractivity contribution is 0.140. The lowest BCUT2D eigenvalue weighted by Crippen LogP contribution is -2.24. The molecule has 1 amide bonds. The maximum absolute atomic E-state index is 11.5. The van der Waals surface area contributed by atoms with Crippen LogP contribution >= 0.6 is 11.3 Å². The smallest absolute Gasteiger partial charge is 0.407 e. The number of nitrogens with one attached hydrogen (secondary N) is 1.